The van der Waals surface area contributed by atoms with Crippen molar-refractivity contribution in [2.45, 2.75) is 64.8 Å². The third kappa shape index (κ3) is 4.70. The molecule has 7 heteroatoms. The number of nitriles is 1. The van der Waals surface area contributed by atoms with Crippen LogP contribution in [0.1, 0.15) is 74.4 Å². The molecule has 1 aliphatic carbocycles. The van der Waals surface area contributed by atoms with Crippen molar-refractivity contribution >= 4 is 5.78 Å². The molecule has 0 amide bonds. The smallest absolute Gasteiger partial charge is 0.259 e. The predicted molar refractivity (Wildman–Crippen MR) is 143 cm³/mol. The average Bonchev–Trinajstić information content (AvgIpc) is 3.41. The molecule has 37 heavy (non-hydrogen) atoms. The van der Waals surface area contributed by atoms with Gasteiger partial charge in [-0.1, -0.05) is 62.7 Å². The molecule has 2 heterocycles. The molecule has 0 bridgehead atoms. The first kappa shape index (κ1) is 24.9. The van der Waals surface area contributed by atoms with Crippen LogP contribution in [0.15, 0.2) is 59.7 Å². The second-order valence-corrected chi connectivity index (χ2v) is 10.6. The number of nitrogens with zero attached hydrogens (tertiary/aromatic N) is 5. The van der Waals surface area contributed by atoms with E-state index in [1.165, 1.54) is 6.33 Å². The molecule has 2 aromatic heterocycles. The van der Waals surface area contributed by atoms with Crippen molar-refractivity contribution in [1.82, 2.24) is 19.2 Å². The summed E-state index contributed by atoms with van der Waals surface area (Å²) in [6, 6.07) is 18.0. The van der Waals surface area contributed by atoms with E-state index in [4.69, 9.17) is 0 Å². The lowest BCUT2D eigenvalue weighted by atomic mass is 9.74. The van der Waals surface area contributed by atoms with Crippen molar-refractivity contribution in [3.8, 4) is 17.2 Å². The van der Waals surface area contributed by atoms with Gasteiger partial charge in [0, 0.05) is 24.6 Å². The second kappa shape index (κ2) is 10.3. The zero-order valence-electron chi connectivity index (χ0n) is 21.5. The highest BCUT2D eigenvalue weighted by Crippen LogP contribution is 2.40. The summed E-state index contributed by atoms with van der Waals surface area (Å²) in [4.78, 5) is 18.6. The van der Waals surface area contributed by atoms with E-state index in [2.05, 4.69) is 30.0 Å². The Balaban J connectivity index is 1.54. The number of rotatable bonds is 7. The normalized spacial score (nSPS) is 19.7. The highest BCUT2D eigenvalue weighted by molar-refractivity contribution is 5.70. The molecule has 0 saturated heterocycles. The third-order valence-corrected chi connectivity index (χ3v) is 7.92. The monoisotopic (exact) mass is 495 g/mol. The molecule has 0 spiro atoms. The van der Waals surface area contributed by atoms with Gasteiger partial charge in [0.05, 0.1) is 17.3 Å². The van der Waals surface area contributed by atoms with Gasteiger partial charge in [-0.2, -0.15) is 15.3 Å². The summed E-state index contributed by atoms with van der Waals surface area (Å²) in [6.45, 7) is 4.40. The van der Waals surface area contributed by atoms with Gasteiger partial charge in [0.1, 0.15) is 6.33 Å². The number of aliphatic hydroxyl groups is 1. The Hall–Kier alpha value is -3.76. The first-order chi connectivity index (χ1) is 18.0. The Morgan fingerprint density at radius 2 is 1.86 bits per heavy atom. The van der Waals surface area contributed by atoms with E-state index in [9.17, 15) is 15.2 Å². The van der Waals surface area contributed by atoms with Gasteiger partial charge in [-0.3, -0.25) is 9.36 Å². The van der Waals surface area contributed by atoms with Crippen molar-refractivity contribution in [3.63, 3.8) is 0 Å². The summed E-state index contributed by atoms with van der Waals surface area (Å²) in [6.07, 6.45) is 7.09. The van der Waals surface area contributed by atoms with Gasteiger partial charge in [-0.05, 0) is 60.3 Å². The highest BCUT2D eigenvalue weighted by atomic mass is 16.3. The maximum Gasteiger partial charge on any atom is 0.259 e. The summed E-state index contributed by atoms with van der Waals surface area (Å²) in [7, 11) is 0. The van der Waals surface area contributed by atoms with Crippen molar-refractivity contribution < 1.29 is 5.11 Å². The van der Waals surface area contributed by atoms with Crippen LogP contribution in [-0.4, -0.2) is 30.9 Å². The molecule has 5 rings (SSSR count). The van der Waals surface area contributed by atoms with Crippen molar-refractivity contribution in [1.29, 1.82) is 5.26 Å². The van der Waals surface area contributed by atoms with E-state index in [1.54, 1.807) is 0 Å². The zero-order valence-corrected chi connectivity index (χ0v) is 21.5. The quantitative estimate of drug-likeness (QED) is 0.385. The first-order valence-corrected chi connectivity index (χ1v) is 13.1. The molecule has 0 aliphatic heterocycles. The average molecular weight is 496 g/mol. The number of hydrogen-bond donors (Lipinski definition) is 1. The maximum absolute atomic E-state index is 14.1. The predicted octanol–water partition coefficient (Wildman–Crippen LogP) is 5.09. The SMILES string of the molecule is CCCc1c(Cc2ccc(-c3ccccc3C#N)cc2)c(=O)n(C2CCC(C)(CO)CC2)c2ncnn12. The molecule has 0 atom stereocenters. The van der Waals surface area contributed by atoms with Crippen LogP contribution in [-0.2, 0) is 12.8 Å². The van der Waals surface area contributed by atoms with E-state index >= 15 is 0 Å². The van der Waals surface area contributed by atoms with E-state index in [-0.39, 0.29) is 23.6 Å². The molecule has 7 nitrogen and oxygen atoms in total. The Bertz CT molecular complexity index is 1500. The minimum absolute atomic E-state index is 0.0143. The van der Waals surface area contributed by atoms with Crippen LogP contribution in [0.4, 0.5) is 0 Å². The Morgan fingerprint density at radius 1 is 1.14 bits per heavy atom. The lowest BCUT2D eigenvalue weighted by Crippen LogP contribution is -2.36. The molecule has 190 valence electrons. The molecule has 0 radical (unpaired) electrons. The summed E-state index contributed by atoms with van der Waals surface area (Å²) in [5.74, 6) is 0.609. The van der Waals surface area contributed by atoms with Gasteiger partial charge in [-0.15, -0.1) is 0 Å². The first-order valence-electron chi connectivity index (χ1n) is 13.1. The van der Waals surface area contributed by atoms with Crippen molar-refractivity contribution in [3.05, 3.63) is 87.6 Å². The van der Waals surface area contributed by atoms with Crippen LogP contribution in [0, 0.1) is 16.7 Å². The van der Waals surface area contributed by atoms with Gasteiger partial charge in [0.15, 0.2) is 0 Å². The van der Waals surface area contributed by atoms with Crippen LogP contribution in [0.2, 0.25) is 0 Å². The number of fused-ring (bicyclic) bond motifs is 1. The molecule has 4 aromatic rings. The molecule has 1 saturated carbocycles. The van der Waals surface area contributed by atoms with Crippen LogP contribution in [0.25, 0.3) is 16.9 Å². The fourth-order valence-corrected chi connectivity index (χ4v) is 5.63. The number of aliphatic hydroxyl groups excluding tert-OH is 1. The molecule has 1 fully saturated rings. The van der Waals surface area contributed by atoms with Crippen LogP contribution >= 0.6 is 0 Å². The Morgan fingerprint density at radius 3 is 2.54 bits per heavy atom. The molecule has 0 unspecified atom stereocenters. The zero-order chi connectivity index (χ0) is 26.0. The summed E-state index contributed by atoms with van der Waals surface area (Å²) in [5.41, 5.74) is 5.18. The minimum atomic E-state index is -0.0824. The second-order valence-electron chi connectivity index (χ2n) is 10.6. The highest BCUT2D eigenvalue weighted by Gasteiger charge is 2.33. The van der Waals surface area contributed by atoms with Gasteiger partial charge in [0.2, 0.25) is 5.78 Å². The Labute approximate surface area is 217 Å². The standard InChI is InChI=1S/C30H33N5O2/c1-3-6-27-26(17-21-9-11-22(12-10-21)25-8-5-4-7-23(25)18-31)28(37)34(29-32-20-33-35(27)29)24-13-15-30(2,19-36)16-14-24/h4-5,7-12,20,24,36H,3,6,13-17,19H2,1-2H3. The maximum atomic E-state index is 14.1. The topological polar surface area (TPSA) is 96.2 Å². The van der Waals surface area contributed by atoms with E-state index in [1.807, 2.05) is 57.6 Å². The number of hydrogen-bond acceptors (Lipinski definition) is 5. The minimum Gasteiger partial charge on any atom is -0.396 e. The van der Waals surface area contributed by atoms with E-state index < -0.39 is 0 Å². The number of aryl methyl sites for hydroxylation is 1. The fourth-order valence-electron chi connectivity index (χ4n) is 5.63. The van der Waals surface area contributed by atoms with Crippen LogP contribution < -0.4 is 5.56 Å². The third-order valence-electron chi connectivity index (χ3n) is 7.92. The summed E-state index contributed by atoms with van der Waals surface area (Å²) >= 11 is 0. The largest absolute Gasteiger partial charge is 0.396 e. The molecular weight excluding hydrogens is 462 g/mol. The fraction of sp³-hybridized carbons (Fsp3) is 0.400. The van der Waals surface area contributed by atoms with Gasteiger partial charge >= 0.3 is 0 Å². The summed E-state index contributed by atoms with van der Waals surface area (Å²) < 4.78 is 3.72. The number of benzene rings is 2. The van der Waals surface area contributed by atoms with Crippen LogP contribution in [0.5, 0.6) is 0 Å². The van der Waals surface area contributed by atoms with Crippen molar-refractivity contribution in [2.75, 3.05) is 6.61 Å². The lowest BCUT2D eigenvalue weighted by molar-refractivity contribution is 0.0828. The van der Waals surface area contributed by atoms with Gasteiger partial charge < -0.3 is 5.11 Å². The number of aromatic nitrogens is 4. The lowest BCUT2D eigenvalue weighted by Gasteiger charge is -2.36. The molecular formula is C30H33N5O2. The van der Waals surface area contributed by atoms with E-state index in [0.29, 0.717) is 17.8 Å². The summed E-state index contributed by atoms with van der Waals surface area (Å²) in [5, 5.41) is 23.8. The van der Waals surface area contributed by atoms with Crippen LogP contribution in [0.3, 0.4) is 0 Å². The van der Waals surface area contributed by atoms with Gasteiger partial charge in [-0.25, -0.2) is 4.52 Å². The molecule has 2 aromatic carbocycles. The van der Waals surface area contributed by atoms with Crippen molar-refractivity contribution in [2.24, 2.45) is 5.41 Å². The Kier molecular flexibility index (Phi) is 6.94. The van der Waals surface area contributed by atoms with Gasteiger partial charge in [0.25, 0.3) is 5.56 Å². The van der Waals surface area contributed by atoms with E-state index in [0.717, 1.165) is 66.5 Å². The molecule has 1 aliphatic rings. The molecule has 1 N–H and O–H groups in total.